The smallest absolute Gasteiger partial charge is 0.251 e. The van der Waals surface area contributed by atoms with E-state index in [9.17, 15) is 9.59 Å². The van der Waals surface area contributed by atoms with Gasteiger partial charge in [0.2, 0.25) is 5.91 Å². The standard InChI is InChI=1S/C18H31N3O3.ClH/c1-14(15-4-6-19-7-5-15)13-17(22)20-8-10-21(11-9-20)18(23)16-3-2-12-24-16;/h14-16,19H,2-13H2,1H3;1H. The zero-order valence-corrected chi connectivity index (χ0v) is 16.1. The molecule has 3 aliphatic heterocycles. The predicted molar refractivity (Wildman–Crippen MR) is 98.8 cm³/mol. The Balaban J connectivity index is 0.00000225. The summed E-state index contributed by atoms with van der Waals surface area (Å²) in [4.78, 5) is 28.7. The predicted octanol–water partition coefficient (Wildman–Crippen LogP) is 1.28. The van der Waals surface area contributed by atoms with Gasteiger partial charge in [0, 0.05) is 39.2 Å². The van der Waals surface area contributed by atoms with E-state index in [-0.39, 0.29) is 30.3 Å². The van der Waals surface area contributed by atoms with E-state index in [1.54, 1.807) is 0 Å². The normalized spacial score (nSPS) is 26.2. The molecule has 3 fully saturated rings. The van der Waals surface area contributed by atoms with Gasteiger partial charge < -0.3 is 19.9 Å². The number of carbonyl (C=O) groups is 2. The highest BCUT2D eigenvalue weighted by molar-refractivity contribution is 5.85. The number of piperidine rings is 1. The van der Waals surface area contributed by atoms with Crippen LogP contribution in [0.3, 0.4) is 0 Å². The topological polar surface area (TPSA) is 61.9 Å². The minimum absolute atomic E-state index is 0. The Kier molecular flexibility index (Phi) is 7.97. The van der Waals surface area contributed by atoms with Gasteiger partial charge in [-0.05, 0) is 50.6 Å². The molecule has 3 rings (SSSR count). The summed E-state index contributed by atoms with van der Waals surface area (Å²) in [6.07, 6.45) is 4.57. The lowest BCUT2D eigenvalue weighted by Gasteiger charge is -2.37. The lowest BCUT2D eigenvalue weighted by molar-refractivity contribution is -0.146. The number of hydrogen-bond acceptors (Lipinski definition) is 4. The highest BCUT2D eigenvalue weighted by atomic mass is 35.5. The maximum Gasteiger partial charge on any atom is 0.251 e. The number of ether oxygens (including phenoxy) is 1. The third kappa shape index (κ3) is 5.31. The molecule has 0 bridgehead atoms. The molecule has 0 aromatic rings. The van der Waals surface area contributed by atoms with E-state index in [2.05, 4.69) is 12.2 Å². The average Bonchev–Trinajstić information content (AvgIpc) is 3.16. The van der Waals surface area contributed by atoms with Crippen LogP contribution >= 0.6 is 12.4 Å². The van der Waals surface area contributed by atoms with Gasteiger partial charge in [-0.3, -0.25) is 9.59 Å². The first kappa shape index (κ1) is 20.5. The monoisotopic (exact) mass is 373 g/mol. The molecule has 0 radical (unpaired) electrons. The Morgan fingerprint density at radius 2 is 1.72 bits per heavy atom. The fraction of sp³-hybridized carbons (Fsp3) is 0.889. The zero-order chi connectivity index (χ0) is 16.9. The number of nitrogens with zero attached hydrogens (tertiary/aromatic N) is 2. The molecule has 25 heavy (non-hydrogen) atoms. The molecular weight excluding hydrogens is 342 g/mol. The van der Waals surface area contributed by atoms with Crippen molar-refractivity contribution in [3.8, 4) is 0 Å². The van der Waals surface area contributed by atoms with Crippen LogP contribution in [0.4, 0.5) is 0 Å². The van der Waals surface area contributed by atoms with Crippen LogP contribution in [0.15, 0.2) is 0 Å². The molecule has 3 heterocycles. The van der Waals surface area contributed by atoms with E-state index in [1.165, 1.54) is 12.8 Å². The second-order valence-corrected chi connectivity index (χ2v) is 7.48. The fourth-order valence-electron chi connectivity index (χ4n) is 4.14. The Labute approximate surface area is 157 Å². The molecular formula is C18H32ClN3O3. The number of amides is 2. The van der Waals surface area contributed by atoms with Crippen molar-refractivity contribution in [3.05, 3.63) is 0 Å². The van der Waals surface area contributed by atoms with Crippen molar-refractivity contribution < 1.29 is 14.3 Å². The minimum atomic E-state index is -0.243. The van der Waals surface area contributed by atoms with Gasteiger partial charge in [0.1, 0.15) is 6.10 Å². The van der Waals surface area contributed by atoms with Crippen LogP contribution in [0, 0.1) is 11.8 Å². The summed E-state index contributed by atoms with van der Waals surface area (Å²) in [5.41, 5.74) is 0. The fourth-order valence-corrected chi connectivity index (χ4v) is 4.14. The molecule has 3 saturated heterocycles. The molecule has 0 saturated carbocycles. The zero-order valence-electron chi connectivity index (χ0n) is 15.2. The summed E-state index contributed by atoms with van der Waals surface area (Å²) in [7, 11) is 0. The lowest BCUT2D eigenvalue weighted by atomic mass is 9.84. The van der Waals surface area contributed by atoms with Gasteiger partial charge in [0.05, 0.1) is 0 Å². The number of nitrogens with one attached hydrogen (secondary N) is 1. The van der Waals surface area contributed by atoms with Crippen molar-refractivity contribution in [1.29, 1.82) is 0 Å². The second-order valence-electron chi connectivity index (χ2n) is 7.48. The molecule has 0 aliphatic carbocycles. The first-order valence-corrected chi connectivity index (χ1v) is 9.54. The maximum absolute atomic E-state index is 12.6. The van der Waals surface area contributed by atoms with Gasteiger partial charge in [0.25, 0.3) is 5.91 Å². The van der Waals surface area contributed by atoms with Crippen molar-refractivity contribution in [2.75, 3.05) is 45.9 Å². The van der Waals surface area contributed by atoms with Gasteiger partial charge in [-0.15, -0.1) is 12.4 Å². The molecule has 7 heteroatoms. The summed E-state index contributed by atoms with van der Waals surface area (Å²) in [6.45, 7) is 7.68. The largest absolute Gasteiger partial charge is 0.368 e. The highest BCUT2D eigenvalue weighted by Gasteiger charge is 2.32. The molecule has 6 nitrogen and oxygen atoms in total. The van der Waals surface area contributed by atoms with Crippen molar-refractivity contribution in [3.63, 3.8) is 0 Å². The Morgan fingerprint density at radius 3 is 2.32 bits per heavy atom. The SMILES string of the molecule is CC(CC(=O)N1CCN(C(=O)C2CCCO2)CC1)C1CCNCC1.Cl. The summed E-state index contributed by atoms with van der Waals surface area (Å²) in [6, 6.07) is 0. The van der Waals surface area contributed by atoms with Crippen molar-refractivity contribution in [1.82, 2.24) is 15.1 Å². The first-order valence-electron chi connectivity index (χ1n) is 9.54. The number of rotatable bonds is 4. The number of piperazine rings is 1. The average molecular weight is 374 g/mol. The third-order valence-corrected chi connectivity index (χ3v) is 5.83. The van der Waals surface area contributed by atoms with Gasteiger partial charge in [-0.1, -0.05) is 6.92 Å². The van der Waals surface area contributed by atoms with Gasteiger partial charge in [-0.2, -0.15) is 0 Å². The van der Waals surface area contributed by atoms with Crippen LogP contribution in [-0.4, -0.2) is 73.6 Å². The summed E-state index contributed by atoms with van der Waals surface area (Å²) in [5, 5.41) is 3.38. The Bertz CT molecular complexity index is 443. The Morgan fingerprint density at radius 1 is 1.08 bits per heavy atom. The van der Waals surface area contributed by atoms with Crippen LogP contribution in [0.5, 0.6) is 0 Å². The van der Waals surface area contributed by atoms with E-state index in [0.29, 0.717) is 51.0 Å². The summed E-state index contributed by atoms with van der Waals surface area (Å²) in [5.74, 6) is 1.48. The van der Waals surface area contributed by atoms with Crippen molar-refractivity contribution in [2.45, 2.75) is 45.1 Å². The van der Waals surface area contributed by atoms with E-state index < -0.39 is 0 Å². The molecule has 2 amide bonds. The quantitative estimate of drug-likeness (QED) is 0.806. The molecule has 1 N–H and O–H groups in total. The van der Waals surface area contributed by atoms with Crippen LogP contribution < -0.4 is 5.32 Å². The van der Waals surface area contributed by atoms with Gasteiger partial charge in [0.15, 0.2) is 0 Å². The molecule has 0 spiro atoms. The van der Waals surface area contributed by atoms with E-state index in [1.807, 2.05) is 9.80 Å². The van der Waals surface area contributed by atoms with Crippen molar-refractivity contribution >= 4 is 24.2 Å². The van der Waals surface area contributed by atoms with Crippen molar-refractivity contribution in [2.24, 2.45) is 11.8 Å². The first-order chi connectivity index (χ1) is 11.6. The molecule has 144 valence electrons. The van der Waals surface area contributed by atoms with Crippen LogP contribution in [-0.2, 0) is 14.3 Å². The number of carbonyl (C=O) groups excluding carboxylic acids is 2. The summed E-state index contributed by atoms with van der Waals surface area (Å²) >= 11 is 0. The lowest BCUT2D eigenvalue weighted by Crippen LogP contribution is -2.53. The molecule has 2 unspecified atom stereocenters. The van der Waals surface area contributed by atoms with E-state index in [0.717, 1.165) is 25.9 Å². The Hall–Kier alpha value is -0.850. The molecule has 3 aliphatic rings. The van der Waals surface area contributed by atoms with Crippen LogP contribution in [0.25, 0.3) is 0 Å². The molecule has 2 atom stereocenters. The number of hydrogen-bond donors (Lipinski definition) is 1. The summed E-state index contributed by atoms with van der Waals surface area (Å²) < 4.78 is 5.49. The van der Waals surface area contributed by atoms with E-state index >= 15 is 0 Å². The van der Waals surface area contributed by atoms with Gasteiger partial charge in [-0.25, -0.2) is 0 Å². The van der Waals surface area contributed by atoms with E-state index in [4.69, 9.17) is 4.74 Å². The number of halogens is 1. The van der Waals surface area contributed by atoms with Gasteiger partial charge >= 0.3 is 0 Å². The maximum atomic E-state index is 12.6. The van der Waals surface area contributed by atoms with Crippen LogP contribution in [0.1, 0.15) is 39.0 Å². The highest BCUT2D eigenvalue weighted by Crippen LogP contribution is 2.25. The third-order valence-electron chi connectivity index (χ3n) is 5.83. The molecule has 0 aromatic carbocycles. The van der Waals surface area contributed by atoms with Crippen LogP contribution in [0.2, 0.25) is 0 Å². The second kappa shape index (κ2) is 9.74. The minimum Gasteiger partial charge on any atom is -0.368 e. The molecule has 0 aromatic heterocycles.